The number of carbonyl (C=O) groups excluding carboxylic acids is 2. The Kier molecular flexibility index (Phi) is 5.61. The summed E-state index contributed by atoms with van der Waals surface area (Å²) in [5.74, 6) is 0.451. The third kappa shape index (κ3) is 4.38. The Balaban J connectivity index is 1.71. The molecule has 3 amide bonds. The van der Waals surface area contributed by atoms with Gasteiger partial charge >= 0.3 is 6.03 Å². The predicted octanol–water partition coefficient (Wildman–Crippen LogP) is 2.60. The Labute approximate surface area is 157 Å². The number of carbonyl (C=O) groups is 2. The lowest BCUT2D eigenvalue weighted by Gasteiger charge is -2.26. The second-order valence-corrected chi connectivity index (χ2v) is 6.50. The van der Waals surface area contributed by atoms with Gasteiger partial charge in [0.1, 0.15) is 5.75 Å². The number of likely N-dealkylation sites (N-methyl/N-ethyl adjacent to an activating group) is 1. The molecular formula is C20H23N3O4. The van der Waals surface area contributed by atoms with Crippen molar-refractivity contribution < 1.29 is 19.4 Å². The summed E-state index contributed by atoms with van der Waals surface area (Å²) in [7, 11) is 1.67. The highest BCUT2D eigenvalue weighted by Crippen LogP contribution is 2.33. The van der Waals surface area contributed by atoms with Crippen LogP contribution in [-0.2, 0) is 4.79 Å². The minimum Gasteiger partial charge on any atom is -0.482 e. The van der Waals surface area contributed by atoms with E-state index in [0.29, 0.717) is 23.5 Å². The lowest BCUT2D eigenvalue weighted by atomic mass is 10.0. The molecule has 7 nitrogen and oxygen atoms in total. The van der Waals surface area contributed by atoms with Gasteiger partial charge in [0.05, 0.1) is 11.7 Å². The van der Waals surface area contributed by atoms with E-state index in [-0.39, 0.29) is 31.2 Å². The van der Waals surface area contributed by atoms with Gasteiger partial charge < -0.3 is 25.4 Å². The number of aliphatic hydroxyl groups is 1. The highest BCUT2D eigenvalue weighted by Gasteiger charge is 2.23. The zero-order valence-electron chi connectivity index (χ0n) is 15.4. The van der Waals surface area contributed by atoms with Crippen LogP contribution in [0.1, 0.15) is 23.6 Å². The Morgan fingerprint density at radius 3 is 2.70 bits per heavy atom. The van der Waals surface area contributed by atoms with Crippen molar-refractivity contribution in [2.45, 2.75) is 19.4 Å². The molecule has 7 heteroatoms. The van der Waals surface area contributed by atoms with Crippen LogP contribution >= 0.6 is 0 Å². The van der Waals surface area contributed by atoms with Crippen molar-refractivity contribution in [1.82, 2.24) is 5.32 Å². The summed E-state index contributed by atoms with van der Waals surface area (Å²) in [5, 5.41) is 15.0. The van der Waals surface area contributed by atoms with Gasteiger partial charge in [-0.05, 0) is 37.1 Å². The predicted molar refractivity (Wildman–Crippen MR) is 103 cm³/mol. The summed E-state index contributed by atoms with van der Waals surface area (Å²) < 4.78 is 5.38. The normalized spacial score (nSPS) is 14.2. The Morgan fingerprint density at radius 1 is 1.26 bits per heavy atom. The zero-order chi connectivity index (χ0) is 19.4. The quantitative estimate of drug-likeness (QED) is 0.756. The van der Waals surface area contributed by atoms with Gasteiger partial charge in [-0.2, -0.15) is 0 Å². The fourth-order valence-corrected chi connectivity index (χ4v) is 2.93. The minimum atomic E-state index is -0.389. The Hall–Kier alpha value is -3.06. The fraction of sp³-hybridized carbons (Fsp3) is 0.300. The monoisotopic (exact) mass is 369 g/mol. The van der Waals surface area contributed by atoms with Crippen molar-refractivity contribution in [2.75, 3.05) is 30.5 Å². The number of ether oxygens (including phenoxy) is 1. The molecule has 3 N–H and O–H groups in total. The van der Waals surface area contributed by atoms with E-state index in [1.165, 1.54) is 4.90 Å². The molecule has 0 saturated carbocycles. The third-order valence-electron chi connectivity index (χ3n) is 4.51. The van der Waals surface area contributed by atoms with Gasteiger partial charge in [-0.25, -0.2) is 4.79 Å². The van der Waals surface area contributed by atoms with Gasteiger partial charge in [0.25, 0.3) is 5.91 Å². The first-order chi connectivity index (χ1) is 13.0. The third-order valence-corrected chi connectivity index (χ3v) is 4.51. The first-order valence-corrected chi connectivity index (χ1v) is 8.76. The standard InChI is InChI=1S/C20H23N3O4/c1-13-3-5-14(6-4-13)16(9-10-24)22-20(26)21-15-7-8-18-17(11-15)23(2)19(25)12-27-18/h3-8,11,16,24H,9-10,12H2,1-2H3,(H2,21,22,26)/t16-/m0/s1. The van der Waals surface area contributed by atoms with Crippen LogP contribution in [0.25, 0.3) is 0 Å². The highest BCUT2D eigenvalue weighted by molar-refractivity contribution is 5.99. The molecule has 0 spiro atoms. The SMILES string of the molecule is Cc1ccc([C@H](CCO)NC(=O)Nc2ccc3c(c2)N(C)C(=O)CO3)cc1. The first kappa shape index (κ1) is 18.7. The van der Waals surface area contributed by atoms with E-state index >= 15 is 0 Å². The molecule has 0 aliphatic carbocycles. The topological polar surface area (TPSA) is 90.9 Å². The zero-order valence-corrected chi connectivity index (χ0v) is 15.4. The Bertz CT molecular complexity index is 836. The van der Waals surface area contributed by atoms with Crippen LogP contribution in [0.5, 0.6) is 5.75 Å². The fourth-order valence-electron chi connectivity index (χ4n) is 2.93. The molecule has 3 rings (SSSR count). The largest absolute Gasteiger partial charge is 0.482 e. The van der Waals surface area contributed by atoms with E-state index in [2.05, 4.69) is 10.6 Å². The molecule has 0 saturated heterocycles. The van der Waals surface area contributed by atoms with Gasteiger partial charge in [0, 0.05) is 19.3 Å². The summed E-state index contributed by atoms with van der Waals surface area (Å²) in [5.41, 5.74) is 3.20. The summed E-state index contributed by atoms with van der Waals surface area (Å²) in [6, 6.07) is 12.2. The van der Waals surface area contributed by atoms with Crippen molar-refractivity contribution >= 4 is 23.3 Å². The van der Waals surface area contributed by atoms with Gasteiger partial charge in [0.15, 0.2) is 6.61 Å². The number of amides is 3. The average Bonchev–Trinajstić information content (AvgIpc) is 2.65. The summed E-state index contributed by atoms with van der Waals surface area (Å²) >= 11 is 0. The van der Waals surface area contributed by atoms with Crippen LogP contribution in [0, 0.1) is 6.92 Å². The van der Waals surface area contributed by atoms with Crippen LogP contribution in [-0.4, -0.2) is 37.3 Å². The van der Waals surface area contributed by atoms with E-state index in [1.807, 2.05) is 31.2 Å². The van der Waals surface area contributed by atoms with Crippen molar-refractivity contribution in [1.29, 1.82) is 0 Å². The van der Waals surface area contributed by atoms with Crippen molar-refractivity contribution in [2.24, 2.45) is 0 Å². The molecule has 27 heavy (non-hydrogen) atoms. The molecule has 1 aliphatic rings. The number of urea groups is 1. The number of benzene rings is 2. The molecular weight excluding hydrogens is 346 g/mol. The van der Waals surface area contributed by atoms with Crippen molar-refractivity contribution in [3.63, 3.8) is 0 Å². The molecule has 0 aromatic heterocycles. The van der Waals surface area contributed by atoms with Crippen molar-refractivity contribution in [3.05, 3.63) is 53.6 Å². The molecule has 1 aliphatic heterocycles. The van der Waals surface area contributed by atoms with Crippen LogP contribution < -0.4 is 20.3 Å². The Morgan fingerprint density at radius 2 is 2.00 bits per heavy atom. The van der Waals surface area contributed by atoms with Crippen LogP contribution in [0.15, 0.2) is 42.5 Å². The number of nitrogens with zero attached hydrogens (tertiary/aromatic N) is 1. The smallest absolute Gasteiger partial charge is 0.319 e. The molecule has 142 valence electrons. The molecule has 2 aromatic rings. The van der Waals surface area contributed by atoms with E-state index < -0.39 is 0 Å². The van der Waals surface area contributed by atoms with E-state index in [0.717, 1.165) is 11.1 Å². The van der Waals surface area contributed by atoms with Gasteiger partial charge in [-0.15, -0.1) is 0 Å². The van der Waals surface area contributed by atoms with Crippen LogP contribution in [0.2, 0.25) is 0 Å². The summed E-state index contributed by atoms with van der Waals surface area (Å²) in [6.07, 6.45) is 0.408. The molecule has 1 atom stereocenters. The maximum absolute atomic E-state index is 12.4. The summed E-state index contributed by atoms with van der Waals surface area (Å²) in [4.78, 5) is 25.7. The van der Waals surface area contributed by atoms with Crippen LogP contribution in [0.3, 0.4) is 0 Å². The number of nitrogens with one attached hydrogen (secondary N) is 2. The van der Waals surface area contributed by atoms with Crippen molar-refractivity contribution in [3.8, 4) is 5.75 Å². The van der Waals surface area contributed by atoms with Crippen LogP contribution in [0.4, 0.5) is 16.2 Å². The molecule has 2 aromatic carbocycles. The second-order valence-electron chi connectivity index (χ2n) is 6.50. The minimum absolute atomic E-state index is 0.0101. The average molecular weight is 369 g/mol. The number of aryl methyl sites for hydroxylation is 1. The lowest BCUT2D eigenvalue weighted by molar-refractivity contribution is -0.120. The molecule has 0 bridgehead atoms. The maximum atomic E-state index is 12.4. The van der Waals surface area contributed by atoms with E-state index in [4.69, 9.17) is 4.74 Å². The number of aliphatic hydroxyl groups excluding tert-OH is 1. The molecule has 0 fully saturated rings. The second kappa shape index (κ2) is 8.09. The van der Waals surface area contributed by atoms with E-state index in [9.17, 15) is 14.7 Å². The van der Waals surface area contributed by atoms with Gasteiger partial charge in [-0.3, -0.25) is 4.79 Å². The number of hydrogen-bond donors (Lipinski definition) is 3. The number of rotatable bonds is 5. The summed E-state index contributed by atoms with van der Waals surface area (Å²) in [6.45, 7) is 1.96. The first-order valence-electron chi connectivity index (χ1n) is 8.76. The van der Waals surface area contributed by atoms with Gasteiger partial charge in [0.2, 0.25) is 0 Å². The molecule has 0 unspecified atom stereocenters. The molecule has 0 radical (unpaired) electrons. The molecule has 1 heterocycles. The number of hydrogen-bond acceptors (Lipinski definition) is 4. The lowest BCUT2D eigenvalue weighted by Crippen LogP contribution is -2.36. The van der Waals surface area contributed by atoms with E-state index in [1.54, 1.807) is 25.2 Å². The van der Waals surface area contributed by atoms with Gasteiger partial charge in [-0.1, -0.05) is 29.8 Å². The highest BCUT2D eigenvalue weighted by atomic mass is 16.5. The maximum Gasteiger partial charge on any atom is 0.319 e. The number of anilines is 2. The number of fused-ring (bicyclic) bond motifs is 1.